The third-order valence-electron chi connectivity index (χ3n) is 5.09. The lowest BCUT2D eigenvalue weighted by atomic mass is 9.98. The molecule has 0 spiro atoms. The molecule has 4 nitrogen and oxygen atoms in total. The molecule has 1 saturated carbocycles. The number of likely N-dealkylation sites (tertiary alicyclic amines) is 1. The van der Waals surface area contributed by atoms with Crippen LogP contribution in [0.1, 0.15) is 43.5 Å². The van der Waals surface area contributed by atoms with E-state index in [4.69, 9.17) is 4.74 Å². The minimum absolute atomic E-state index is 0.0631. The van der Waals surface area contributed by atoms with E-state index in [1.165, 1.54) is 0 Å². The van der Waals surface area contributed by atoms with Gasteiger partial charge in [0.15, 0.2) is 0 Å². The monoisotopic (exact) mass is 315 g/mol. The van der Waals surface area contributed by atoms with E-state index in [1.807, 2.05) is 35.2 Å². The highest BCUT2D eigenvalue weighted by Crippen LogP contribution is 2.52. The Morgan fingerprint density at radius 3 is 2.61 bits per heavy atom. The molecular weight excluding hydrogens is 290 g/mol. The molecule has 0 unspecified atom stereocenters. The third-order valence-corrected chi connectivity index (χ3v) is 5.09. The Bertz CT molecular complexity index is 582. The van der Waals surface area contributed by atoms with Gasteiger partial charge in [0.1, 0.15) is 0 Å². The highest BCUT2D eigenvalue weighted by molar-refractivity contribution is 5.94. The van der Waals surface area contributed by atoms with E-state index < -0.39 is 0 Å². The molecule has 23 heavy (non-hydrogen) atoms. The van der Waals surface area contributed by atoms with Crippen LogP contribution < -0.4 is 0 Å². The minimum Gasteiger partial charge on any atom is -0.465 e. The maximum absolute atomic E-state index is 12.5. The number of hydrogen-bond donors (Lipinski definition) is 0. The van der Waals surface area contributed by atoms with E-state index >= 15 is 0 Å². The quantitative estimate of drug-likeness (QED) is 0.802. The number of piperidine rings is 1. The van der Waals surface area contributed by atoms with Gasteiger partial charge in [0.25, 0.3) is 5.91 Å². The normalized spacial score (nSPS) is 25.7. The zero-order valence-electron chi connectivity index (χ0n) is 14.0. The maximum Gasteiger partial charge on any atom is 0.309 e. The maximum atomic E-state index is 12.5. The molecule has 0 N–H and O–H groups in total. The summed E-state index contributed by atoms with van der Waals surface area (Å²) in [6, 6.07) is 9.37. The Labute approximate surface area is 137 Å². The molecule has 1 saturated heterocycles. The molecule has 4 heteroatoms. The lowest BCUT2D eigenvalue weighted by molar-refractivity contribution is -0.147. The number of ether oxygens (including phenoxy) is 1. The minimum atomic E-state index is -0.0680. The standard InChI is InChI=1S/C19H25NO3/c1-19(2)11-16(19)18(22)23-13-14-7-6-10-20(12-14)17(21)15-8-4-3-5-9-15/h3-5,8-9,14,16H,6-7,10-13H2,1-2H3/t14-,16-/m1/s1. The molecule has 1 aliphatic carbocycles. The first-order chi connectivity index (χ1) is 11.0. The number of esters is 1. The number of rotatable bonds is 4. The second kappa shape index (κ2) is 6.34. The fourth-order valence-corrected chi connectivity index (χ4v) is 3.32. The molecule has 1 amide bonds. The molecule has 2 atom stereocenters. The molecule has 0 bridgehead atoms. The summed E-state index contributed by atoms with van der Waals surface area (Å²) in [5, 5.41) is 0. The number of carbonyl (C=O) groups is 2. The lowest BCUT2D eigenvalue weighted by Gasteiger charge is -2.32. The van der Waals surface area contributed by atoms with Crippen LogP contribution in [0.3, 0.4) is 0 Å². The van der Waals surface area contributed by atoms with Gasteiger partial charge < -0.3 is 9.64 Å². The fraction of sp³-hybridized carbons (Fsp3) is 0.579. The van der Waals surface area contributed by atoms with Gasteiger partial charge in [-0.3, -0.25) is 9.59 Å². The Balaban J connectivity index is 1.50. The van der Waals surface area contributed by atoms with Crippen LogP contribution in [0.5, 0.6) is 0 Å². The Morgan fingerprint density at radius 2 is 1.96 bits per heavy atom. The van der Waals surface area contributed by atoms with Crippen molar-refractivity contribution in [2.24, 2.45) is 17.3 Å². The van der Waals surface area contributed by atoms with Crippen molar-refractivity contribution in [3.63, 3.8) is 0 Å². The summed E-state index contributed by atoms with van der Waals surface area (Å²) in [7, 11) is 0. The van der Waals surface area contributed by atoms with E-state index in [2.05, 4.69) is 13.8 Å². The van der Waals surface area contributed by atoms with Crippen LogP contribution >= 0.6 is 0 Å². The van der Waals surface area contributed by atoms with Gasteiger partial charge >= 0.3 is 5.97 Å². The molecule has 1 aliphatic heterocycles. The summed E-state index contributed by atoms with van der Waals surface area (Å²) in [6.45, 7) is 6.09. The zero-order chi connectivity index (χ0) is 16.4. The first kappa shape index (κ1) is 16.0. The van der Waals surface area contributed by atoms with Crippen molar-refractivity contribution in [1.29, 1.82) is 0 Å². The van der Waals surface area contributed by atoms with Crippen LogP contribution in [-0.2, 0) is 9.53 Å². The molecule has 2 aliphatic rings. The summed E-state index contributed by atoms with van der Waals surface area (Å²) >= 11 is 0. The number of benzene rings is 1. The SMILES string of the molecule is CC1(C)C[C@@H]1C(=O)OC[C@@H]1CCCN(C(=O)c2ccccc2)C1. The second-order valence-corrected chi connectivity index (χ2v) is 7.50. The second-order valence-electron chi connectivity index (χ2n) is 7.50. The first-order valence-corrected chi connectivity index (χ1v) is 8.48. The van der Waals surface area contributed by atoms with Gasteiger partial charge in [-0.1, -0.05) is 32.0 Å². The Kier molecular flexibility index (Phi) is 4.42. The average molecular weight is 315 g/mol. The van der Waals surface area contributed by atoms with Crippen molar-refractivity contribution in [2.45, 2.75) is 33.1 Å². The van der Waals surface area contributed by atoms with Crippen LogP contribution in [-0.4, -0.2) is 36.5 Å². The largest absolute Gasteiger partial charge is 0.465 e. The van der Waals surface area contributed by atoms with Gasteiger partial charge in [-0.25, -0.2) is 0 Å². The van der Waals surface area contributed by atoms with Crippen LogP contribution in [0.4, 0.5) is 0 Å². The first-order valence-electron chi connectivity index (χ1n) is 8.48. The zero-order valence-corrected chi connectivity index (χ0v) is 14.0. The topological polar surface area (TPSA) is 46.6 Å². The van der Waals surface area contributed by atoms with E-state index in [0.717, 1.165) is 31.4 Å². The number of carbonyl (C=O) groups excluding carboxylic acids is 2. The van der Waals surface area contributed by atoms with Crippen molar-refractivity contribution in [1.82, 2.24) is 4.90 Å². The molecule has 3 rings (SSSR count). The predicted octanol–water partition coefficient (Wildman–Crippen LogP) is 3.13. The van der Waals surface area contributed by atoms with Crippen LogP contribution in [0.2, 0.25) is 0 Å². The van der Waals surface area contributed by atoms with E-state index in [0.29, 0.717) is 13.2 Å². The molecule has 1 heterocycles. The van der Waals surface area contributed by atoms with E-state index in [9.17, 15) is 9.59 Å². The van der Waals surface area contributed by atoms with Crippen molar-refractivity contribution in [3.8, 4) is 0 Å². The van der Waals surface area contributed by atoms with Gasteiger partial charge in [0, 0.05) is 24.6 Å². The lowest BCUT2D eigenvalue weighted by Crippen LogP contribution is -2.41. The third kappa shape index (κ3) is 3.74. The number of amides is 1. The Hall–Kier alpha value is -1.84. The highest BCUT2D eigenvalue weighted by Gasteiger charge is 2.51. The van der Waals surface area contributed by atoms with Gasteiger partial charge in [0.2, 0.25) is 0 Å². The van der Waals surface area contributed by atoms with Gasteiger partial charge in [-0.05, 0) is 36.8 Å². The van der Waals surface area contributed by atoms with E-state index in [-0.39, 0.29) is 29.1 Å². The van der Waals surface area contributed by atoms with Gasteiger partial charge in [-0.2, -0.15) is 0 Å². The molecule has 124 valence electrons. The molecule has 0 aromatic heterocycles. The average Bonchev–Trinajstić information content (AvgIpc) is 3.22. The van der Waals surface area contributed by atoms with Gasteiger partial charge in [0.05, 0.1) is 12.5 Å². The summed E-state index contributed by atoms with van der Waals surface area (Å²) in [6.07, 6.45) is 2.91. The molecular formula is C19H25NO3. The van der Waals surface area contributed by atoms with E-state index in [1.54, 1.807) is 0 Å². The molecule has 1 aromatic carbocycles. The van der Waals surface area contributed by atoms with Crippen LogP contribution in [0.25, 0.3) is 0 Å². The van der Waals surface area contributed by atoms with Crippen LogP contribution in [0, 0.1) is 17.3 Å². The molecule has 1 aromatic rings. The van der Waals surface area contributed by atoms with Crippen molar-refractivity contribution in [2.75, 3.05) is 19.7 Å². The number of nitrogens with zero attached hydrogens (tertiary/aromatic N) is 1. The van der Waals surface area contributed by atoms with Crippen LogP contribution in [0.15, 0.2) is 30.3 Å². The highest BCUT2D eigenvalue weighted by atomic mass is 16.5. The summed E-state index contributed by atoms with van der Waals surface area (Å²) in [5.41, 5.74) is 0.837. The van der Waals surface area contributed by atoms with Gasteiger partial charge in [-0.15, -0.1) is 0 Å². The van der Waals surface area contributed by atoms with Crippen molar-refractivity contribution in [3.05, 3.63) is 35.9 Å². The predicted molar refractivity (Wildman–Crippen MR) is 87.9 cm³/mol. The summed E-state index contributed by atoms with van der Waals surface area (Å²) in [4.78, 5) is 26.4. The fourth-order valence-electron chi connectivity index (χ4n) is 3.32. The van der Waals surface area contributed by atoms with Crippen molar-refractivity contribution < 1.29 is 14.3 Å². The number of hydrogen-bond acceptors (Lipinski definition) is 3. The molecule has 0 radical (unpaired) electrons. The smallest absolute Gasteiger partial charge is 0.309 e. The Morgan fingerprint density at radius 1 is 1.26 bits per heavy atom. The summed E-state index contributed by atoms with van der Waals surface area (Å²) in [5.74, 6) is 0.321. The summed E-state index contributed by atoms with van der Waals surface area (Å²) < 4.78 is 5.50. The van der Waals surface area contributed by atoms with Crippen molar-refractivity contribution >= 4 is 11.9 Å². The molecule has 2 fully saturated rings.